The van der Waals surface area contributed by atoms with E-state index in [1.165, 1.54) is 32.5 Å². The topological polar surface area (TPSA) is 15.3 Å². The van der Waals surface area contributed by atoms with E-state index in [4.69, 9.17) is 0 Å². The summed E-state index contributed by atoms with van der Waals surface area (Å²) in [4.78, 5) is 2.62. The first-order chi connectivity index (χ1) is 6.89. The first-order valence-corrected chi connectivity index (χ1v) is 6.26. The molecule has 1 rings (SSSR count). The average molecular weight is 212 g/mol. The molecule has 1 saturated heterocycles. The van der Waals surface area contributed by atoms with Gasteiger partial charge in [0.25, 0.3) is 0 Å². The second kappa shape index (κ2) is 4.84. The largest absolute Gasteiger partial charge is 0.319 e. The number of hydrogen-bond acceptors (Lipinski definition) is 2. The number of rotatable bonds is 5. The summed E-state index contributed by atoms with van der Waals surface area (Å²) in [7, 11) is 2.05. The van der Waals surface area contributed by atoms with Crippen LogP contribution in [0.2, 0.25) is 0 Å². The fraction of sp³-hybridized carbons (Fsp3) is 1.00. The number of hydrogen-bond donors (Lipinski definition) is 1. The highest BCUT2D eigenvalue weighted by Gasteiger charge is 2.37. The maximum Gasteiger partial charge on any atom is 0.00383 e. The minimum atomic E-state index is 0.352. The quantitative estimate of drug-likeness (QED) is 0.752. The Morgan fingerprint density at radius 2 is 1.53 bits per heavy atom. The van der Waals surface area contributed by atoms with Gasteiger partial charge in [0.05, 0.1) is 0 Å². The summed E-state index contributed by atoms with van der Waals surface area (Å²) in [6.45, 7) is 14.5. The molecule has 1 N–H and O–H groups in total. The summed E-state index contributed by atoms with van der Waals surface area (Å²) in [5.41, 5.74) is 0.727. The lowest BCUT2D eigenvalue weighted by Crippen LogP contribution is -2.46. The van der Waals surface area contributed by atoms with Crippen molar-refractivity contribution in [3.8, 4) is 0 Å². The van der Waals surface area contributed by atoms with Crippen LogP contribution in [-0.4, -0.2) is 38.1 Å². The average Bonchev–Trinajstić information content (AvgIpc) is 2.55. The summed E-state index contributed by atoms with van der Waals surface area (Å²) in [6.07, 6.45) is 2.78. The van der Waals surface area contributed by atoms with Gasteiger partial charge in [-0.05, 0) is 43.8 Å². The summed E-state index contributed by atoms with van der Waals surface area (Å²) in [5.74, 6) is 0. The molecule has 1 aliphatic heterocycles. The third-order valence-corrected chi connectivity index (χ3v) is 4.27. The highest BCUT2D eigenvalue weighted by Crippen LogP contribution is 2.39. The number of likely N-dealkylation sites (tertiary alicyclic amines) is 1. The molecule has 90 valence electrons. The van der Waals surface area contributed by atoms with Crippen LogP contribution in [0.1, 0.15) is 40.5 Å². The molecule has 0 aromatic rings. The zero-order valence-corrected chi connectivity index (χ0v) is 11.2. The van der Waals surface area contributed by atoms with Gasteiger partial charge in [0.15, 0.2) is 0 Å². The van der Waals surface area contributed by atoms with Crippen LogP contribution in [0.25, 0.3) is 0 Å². The van der Waals surface area contributed by atoms with E-state index in [-0.39, 0.29) is 0 Å². The summed E-state index contributed by atoms with van der Waals surface area (Å²) >= 11 is 0. The van der Waals surface area contributed by atoms with E-state index in [9.17, 15) is 0 Å². The van der Waals surface area contributed by atoms with Crippen LogP contribution < -0.4 is 5.32 Å². The van der Waals surface area contributed by atoms with Crippen molar-refractivity contribution in [3.63, 3.8) is 0 Å². The Bertz CT molecular complexity index is 191. The monoisotopic (exact) mass is 212 g/mol. The van der Waals surface area contributed by atoms with E-state index in [2.05, 4.69) is 37.9 Å². The molecule has 0 bridgehead atoms. The van der Waals surface area contributed by atoms with Gasteiger partial charge in [-0.15, -0.1) is 0 Å². The van der Waals surface area contributed by atoms with Gasteiger partial charge in [0, 0.05) is 13.1 Å². The van der Waals surface area contributed by atoms with Crippen LogP contribution in [0.4, 0.5) is 0 Å². The van der Waals surface area contributed by atoms with Crippen LogP contribution in [0.3, 0.4) is 0 Å². The molecular weight excluding hydrogens is 184 g/mol. The van der Waals surface area contributed by atoms with Crippen molar-refractivity contribution in [2.45, 2.75) is 40.5 Å². The van der Waals surface area contributed by atoms with Crippen LogP contribution in [-0.2, 0) is 0 Å². The molecule has 0 aromatic heterocycles. The van der Waals surface area contributed by atoms with E-state index >= 15 is 0 Å². The Morgan fingerprint density at radius 3 is 2.00 bits per heavy atom. The Hall–Kier alpha value is -0.0800. The molecule has 0 aliphatic carbocycles. The molecule has 0 saturated carbocycles. The third-order valence-electron chi connectivity index (χ3n) is 4.27. The Kier molecular flexibility index (Phi) is 4.19. The van der Waals surface area contributed by atoms with E-state index in [1.807, 2.05) is 7.05 Å². The maximum atomic E-state index is 3.32. The fourth-order valence-corrected chi connectivity index (χ4v) is 2.39. The first kappa shape index (κ1) is 13.0. The van der Waals surface area contributed by atoms with E-state index < -0.39 is 0 Å². The lowest BCUT2D eigenvalue weighted by molar-refractivity contribution is 0.0666. The molecule has 0 aromatic carbocycles. The molecule has 2 nitrogen and oxygen atoms in total. The highest BCUT2D eigenvalue weighted by atomic mass is 15.1. The SMILES string of the molecule is CNCC(C)(C)C(C)(C)CN1CCCC1. The lowest BCUT2D eigenvalue weighted by atomic mass is 9.67. The molecule has 15 heavy (non-hydrogen) atoms. The van der Waals surface area contributed by atoms with Crippen molar-refractivity contribution in [1.82, 2.24) is 10.2 Å². The van der Waals surface area contributed by atoms with Crippen molar-refractivity contribution in [1.29, 1.82) is 0 Å². The predicted octanol–water partition coefficient (Wildman–Crippen LogP) is 2.35. The van der Waals surface area contributed by atoms with Crippen LogP contribution in [0, 0.1) is 10.8 Å². The van der Waals surface area contributed by atoms with Gasteiger partial charge in [0.1, 0.15) is 0 Å². The van der Waals surface area contributed by atoms with Crippen molar-refractivity contribution in [3.05, 3.63) is 0 Å². The van der Waals surface area contributed by atoms with E-state index in [0.717, 1.165) is 6.54 Å². The summed E-state index contributed by atoms with van der Waals surface area (Å²) in [6, 6.07) is 0. The molecule has 0 radical (unpaired) electrons. The molecular formula is C13H28N2. The standard InChI is InChI=1S/C13H28N2/c1-12(2,10-14-5)13(3,4)11-15-8-6-7-9-15/h14H,6-11H2,1-5H3. The molecule has 0 amide bonds. The van der Waals surface area contributed by atoms with Gasteiger partial charge < -0.3 is 10.2 Å². The second-order valence-corrected chi connectivity index (χ2v) is 6.28. The first-order valence-electron chi connectivity index (χ1n) is 6.26. The number of nitrogens with zero attached hydrogens (tertiary/aromatic N) is 1. The van der Waals surface area contributed by atoms with Crippen molar-refractivity contribution in [2.24, 2.45) is 10.8 Å². The van der Waals surface area contributed by atoms with Crippen molar-refractivity contribution >= 4 is 0 Å². The fourth-order valence-electron chi connectivity index (χ4n) is 2.39. The van der Waals surface area contributed by atoms with Gasteiger partial charge >= 0.3 is 0 Å². The smallest absolute Gasteiger partial charge is 0.00383 e. The molecule has 1 aliphatic rings. The predicted molar refractivity (Wildman–Crippen MR) is 67.2 cm³/mol. The Balaban J connectivity index is 2.55. The van der Waals surface area contributed by atoms with Crippen LogP contribution in [0.15, 0.2) is 0 Å². The van der Waals surface area contributed by atoms with Crippen molar-refractivity contribution in [2.75, 3.05) is 33.2 Å². The third kappa shape index (κ3) is 3.18. The maximum absolute atomic E-state index is 3.32. The minimum absolute atomic E-state index is 0.352. The zero-order valence-electron chi connectivity index (χ0n) is 11.2. The lowest BCUT2D eigenvalue weighted by Gasteiger charge is -2.44. The molecule has 0 unspecified atom stereocenters. The summed E-state index contributed by atoms with van der Waals surface area (Å²) < 4.78 is 0. The minimum Gasteiger partial charge on any atom is -0.319 e. The Morgan fingerprint density at radius 1 is 1.00 bits per heavy atom. The molecule has 1 fully saturated rings. The molecule has 1 heterocycles. The molecule has 0 atom stereocenters. The van der Waals surface area contributed by atoms with Gasteiger partial charge in [-0.25, -0.2) is 0 Å². The molecule has 2 heteroatoms. The zero-order chi connectivity index (χ0) is 11.5. The van der Waals surface area contributed by atoms with Gasteiger partial charge in [-0.3, -0.25) is 0 Å². The molecule has 0 spiro atoms. The van der Waals surface area contributed by atoms with Crippen molar-refractivity contribution < 1.29 is 0 Å². The van der Waals surface area contributed by atoms with Gasteiger partial charge in [-0.1, -0.05) is 27.7 Å². The van der Waals surface area contributed by atoms with Gasteiger partial charge in [-0.2, -0.15) is 0 Å². The van der Waals surface area contributed by atoms with E-state index in [0.29, 0.717) is 10.8 Å². The van der Waals surface area contributed by atoms with Gasteiger partial charge in [0.2, 0.25) is 0 Å². The number of nitrogens with one attached hydrogen (secondary N) is 1. The van der Waals surface area contributed by atoms with Crippen LogP contribution >= 0.6 is 0 Å². The second-order valence-electron chi connectivity index (χ2n) is 6.28. The van der Waals surface area contributed by atoms with E-state index in [1.54, 1.807) is 0 Å². The normalized spacial score (nSPS) is 19.8. The Labute approximate surface area is 95.4 Å². The summed E-state index contributed by atoms with van der Waals surface area (Å²) in [5, 5.41) is 3.32. The van der Waals surface area contributed by atoms with Crippen LogP contribution in [0.5, 0.6) is 0 Å². The highest BCUT2D eigenvalue weighted by molar-refractivity contribution is 4.90.